The zero-order valence-electron chi connectivity index (χ0n) is 7.06. The Morgan fingerprint density at radius 1 is 1.30 bits per heavy atom. The Balaban J connectivity index is 2.01. The Bertz CT molecular complexity index is 85.3. The number of hydrogen-bond donors (Lipinski definition) is 1. The molecule has 0 amide bonds. The van der Waals surface area contributed by atoms with Crippen molar-refractivity contribution in [3.8, 4) is 0 Å². The molecule has 1 fully saturated rings. The monoisotopic (exact) mass is 142 g/mol. The Morgan fingerprint density at radius 3 is 2.40 bits per heavy atom. The van der Waals surface area contributed by atoms with E-state index >= 15 is 0 Å². The van der Waals surface area contributed by atoms with Crippen LogP contribution in [0, 0.1) is 0 Å². The van der Waals surface area contributed by atoms with Gasteiger partial charge in [0.25, 0.3) is 0 Å². The lowest BCUT2D eigenvalue weighted by molar-refractivity contribution is 0.297. The summed E-state index contributed by atoms with van der Waals surface area (Å²) >= 11 is 0. The largest absolute Gasteiger partial charge is 0.302 e. The Labute approximate surface area is 63.6 Å². The molecule has 1 aliphatic rings. The summed E-state index contributed by atoms with van der Waals surface area (Å²) in [6.45, 7) is 8.04. The maximum absolute atomic E-state index is 3.41. The molecule has 0 aromatic heterocycles. The fraction of sp³-hybridized carbons (Fsp3) is 1.00. The molecule has 2 nitrogen and oxygen atoms in total. The van der Waals surface area contributed by atoms with E-state index in [1.165, 1.54) is 25.9 Å². The first-order chi connectivity index (χ1) is 4.79. The molecule has 0 aromatic carbocycles. The standard InChI is InChI=1S/C8H18N2/c1-8(2)9-7-10-5-3-4-6-10/h8-9H,3-7H2,1-2H3. The number of likely N-dealkylation sites (tertiary alicyclic amines) is 1. The van der Waals surface area contributed by atoms with Gasteiger partial charge in [-0.15, -0.1) is 0 Å². The number of nitrogens with zero attached hydrogens (tertiary/aromatic N) is 1. The predicted molar refractivity (Wildman–Crippen MR) is 43.9 cm³/mol. The fourth-order valence-corrected chi connectivity index (χ4v) is 1.25. The molecule has 1 heterocycles. The van der Waals surface area contributed by atoms with E-state index in [9.17, 15) is 0 Å². The average Bonchev–Trinajstić information content (AvgIpc) is 2.34. The van der Waals surface area contributed by atoms with E-state index in [-0.39, 0.29) is 0 Å². The third-order valence-electron chi connectivity index (χ3n) is 1.92. The molecule has 0 aliphatic carbocycles. The number of nitrogens with one attached hydrogen (secondary N) is 1. The van der Waals surface area contributed by atoms with Gasteiger partial charge in [-0.1, -0.05) is 0 Å². The van der Waals surface area contributed by atoms with Crippen molar-refractivity contribution >= 4 is 0 Å². The van der Waals surface area contributed by atoms with Crippen LogP contribution in [-0.4, -0.2) is 30.7 Å². The second-order valence-corrected chi connectivity index (χ2v) is 3.34. The van der Waals surface area contributed by atoms with Crippen molar-refractivity contribution < 1.29 is 0 Å². The van der Waals surface area contributed by atoms with Gasteiger partial charge in [-0.25, -0.2) is 0 Å². The maximum atomic E-state index is 3.41. The third kappa shape index (κ3) is 2.67. The molecule has 10 heavy (non-hydrogen) atoms. The zero-order valence-corrected chi connectivity index (χ0v) is 7.06. The molecule has 0 spiro atoms. The highest BCUT2D eigenvalue weighted by Crippen LogP contribution is 2.04. The lowest BCUT2D eigenvalue weighted by atomic mass is 10.4. The van der Waals surface area contributed by atoms with Gasteiger partial charge in [0.2, 0.25) is 0 Å². The second kappa shape index (κ2) is 3.94. The molecule has 60 valence electrons. The number of hydrogen-bond acceptors (Lipinski definition) is 2. The van der Waals surface area contributed by atoms with Crippen molar-refractivity contribution in [3.05, 3.63) is 0 Å². The van der Waals surface area contributed by atoms with E-state index < -0.39 is 0 Å². The molecular weight excluding hydrogens is 124 g/mol. The van der Waals surface area contributed by atoms with Gasteiger partial charge in [-0.05, 0) is 39.8 Å². The molecular formula is C8H18N2. The molecule has 0 saturated carbocycles. The lowest BCUT2D eigenvalue weighted by Gasteiger charge is -2.17. The highest BCUT2D eigenvalue weighted by Gasteiger charge is 2.10. The third-order valence-corrected chi connectivity index (χ3v) is 1.92. The van der Waals surface area contributed by atoms with Crippen molar-refractivity contribution in [3.63, 3.8) is 0 Å². The fourth-order valence-electron chi connectivity index (χ4n) is 1.25. The van der Waals surface area contributed by atoms with E-state index in [0.717, 1.165) is 6.67 Å². The van der Waals surface area contributed by atoms with Crippen LogP contribution in [0.2, 0.25) is 0 Å². The van der Waals surface area contributed by atoms with Crippen LogP contribution in [-0.2, 0) is 0 Å². The van der Waals surface area contributed by atoms with Gasteiger partial charge >= 0.3 is 0 Å². The van der Waals surface area contributed by atoms with Gasteiger partial charge in [0.05, 0.1) is 0 Å². The molecule has 0 unspecified atom stereocenters. The summed E-state index contributed by atoms with van der Waals surface area (Å²) in [7, 11) is 0. The summed E-state index contributed by atoms with van der Waals surface area (Å²) < 4.78 is 0. The Hall–Kier alpha value is -0.0800. The SMILES string of the molecule is CC(C)NCN1CCCC1. The van der Waals surface area contributed by atoms with Crippen LogP contribution in [0.4, 0.5) is 0 Å². The molecule has 0 atom stereocenters. The molecule has 0 bridgehead atoms. The lowest BCUT2D eigenvalue weighted by Crippen LogP contribution is -2.35. The minimum absolute atomic E-state index is 0.626. The predicted octanol–water partition coefficient (Wildman–Crippen LogP) is 1.04. The van der Waals surface area contributed by atoms with Crippen molar-refractivity contribution in [2.24, 2.45) is 0 Å². The van der Waals surface area contributed by atoms with Gasteiger partial charge in [0, 0.05) is 12.7 Å². The normalized spacial score (nSPS) is 20.7. The van der Waals surface area contributed by atoms with Gasteiger partial charge in [0.1, 0.15) is 0 Å². The summed E-state index contributed by atoms with van der Waals surface area (Å²) in [4.78, 5) is 2.47. The second-order valence-electron chi connectivity index (χ2n) is 3.34. The highest BCUT2D eigenvalue weighted by atomic mass is 15.2. The van der Waals surface area contributed by atoms with E-state index in [4.69, 9.17) is 0 Å². The van der Waals surface area contributed by atoms with Crippen molar-refractivity contribution in [2.75, 3.05) is 19.8 Å². The minimum Gasteiger partial charge on any atom is -0.302 e. The minimum atomic E-state index is 0.626. The van der Waals surface area contributed by atoms with E-state index in [1.54, 1.807) is 0 Å². The molecule has 1 rings (SSSR count). The average molecular weight is 142 g/mol. The summed E-state index contributed by atoms with van der Waals surface area (Å²) in [6, 6.07) is 0.626. The molecule has 1 saturated heterocycles. The molecule has 2 heteroatoms. The van der Waals surface area contributed by atoms with Gasteiger partial charge in [0.15, 0.2) is 0 Å². The summed E-state index contributed by atoms with van der Waals surface area (Å²) in [6.07, 6.45) is 2.78. The topological polar surface area (TPSA) is 15.3 Å². The first-order valence-electron chi connectivity index (χ1n) is 4.25. The van der Waals surface area contributed by atoms with E-state index in [1.807, 2.05) is 0 Å². The van der Waals surface area contributed by atoms with Gasteiger partial charge in [-0.3, -0.25) is 4.90 Å². The smallest absolute Gasteiger partial charge is 0.0482 e. The van der Waals surface area contributed by atoms with Gasteiger partial charge < -0.3 is 5.32 Å². The Kier molecular flexibility index (Phi) is 3.16. The van der Waals surface area contributed by atoms with Crippen LogP contribution >= 0.6 is 0 Å². The summed E-state index contributed by atoms with van der Waals surface area (Å²) in [5.74, 6) is 0. The van der Waals surface area contributed by atoms with E-state index in [2.05, 4.69) is 24.1 Å². The van der Waals surface area contributed by atoms with Crippen molar-refractivity contribution in [1.82, 2.24) is 10.2 Å². The molecule has 1 aliphatic heterocycles. The van der Waals surface area contributed by atoms with Crippen molar-refractivity contribution in [2.45, 2.75) is 32.7 Å². The zero-order chi connectivity index (χ0) is 7.40. The Morgan fingerprint density at radius 2 is 1.90 bits per heavy atom. The molecule has 0 aromatic rings. The maximum Gasteiger partial charge on any atom is 0.0482 e. The van der Waals surface area contributed by atoms with Gasteiger partial charge in [-0.2, -0.15) is 0 Å². The van der Waals surface area contributed by atoms with Crippen LogP contribution in [0.3, 0.4) is 0 Å². The van der Waals surface area contributed by atoms with E-state index in [0.29, 0.717) is 6.04 Å². The van der Waals surface area contributed by atoms with Crippen LogP contribution in [0.25, 0.3) is 0 Å². The van der Waals surface area contributed by atoms with Crippen LogP contribution in [0.5, 0.6) is 0 Å². The van der Waals surface area contributed by atoms with Crippen LogP contribution < -0.4 is 5.32 Å². The quantitative estimate of drug-likeness (QED) is 0.633. The number of rotatable bonds is 3. The first kappa shape index (κ1) is 8.02. The molecule has 0 radical (unpaired) electrons. The summed E-state index contributed by atoms with van der Waals surface area (Å²) in [5, 5.41) is 3.41. The first-order valence-corrected chi connectivity index (χ1v) is 4.25. The van der Waals surface area contributed by atoms with Crippen LogP contribution in [0.15, 0.2) is 0 Å². The van der Waals surface area contributed by atoms with Crippen molar-refractivity contribution in [1.29, 1.82) is 0 Å². The molecule has 1 N–H and O–H groups in total. The summed E-state index contributed by atoms with van der Waals surface area (Å²) in [5.41, 5.74) is 0. The van der Waals surface area contributed by atoms with Crippen LogP contribution in [0.1, 0.15) is 26.7 Å². The highest BCUT2D eigenvalue weighted by molar-refractivity contribution is 4.65.